The third-order valence-electron chi connectivity index (χ3n) is 4.09. The van der Waals surface area contributed by atoms with E-state index in [2.05, 4.69) is 4.98 Å². The number of nitrogens with zero attached hydrogens (tertiary/aromatic N) is 3. The van der Waals surface area contributed by atoms with Crippen LogP contribution >= 0.6 is 23.7 Å². The van der Waals surface area contributed by atoms with Gasteiger partial charge in [-0.3, -0.25) is 9.69 Å². The molecule has 0 radical (unpaired) electrons. The Labute approximate surface area is 174 Å². The van der Waals surface area contributed by atoms with Crippen molar-refractivity contribution in [3.63, 3.8) is 0 Å². The van der Waals surface area contributed by atoms with Gasteiger partial charge in [-0.25, -0.2) is 9.78 Å². The summed E-state index contributed by atoms with van der Waals surface area (Å²) in [4.78, 5) is 33.7. The molecular weight excluding hydrogens is 398 g/mol. The van der Waals surface area contributed by atoms with Gasteiger partial charge in [0.05, 0.1) is 28.5 Å². The van der Waals surface area contributed by atoms with Crippen LogP contribution in [0.5, 0.6) is 0 Å². The Morgan fingerprint density at radius 1 is 1.00 bits per heavy atom. The van der Waals surface area contributed by atoms with Crippen LogP contribution in [0.3, 0.4) is 0 Å². The van der Waals surface area contributed by atoms with Crippen LogP contribution in [0.2, 0.25) is 0 Å². The summed E-state index contributed by atoms with van der Waals surface area (Å²) in [5, 5.41) is 0.614. The van der Waals surface area contributed by atoms with Gasteiger partial charge in [0.2, 0.25) is 0 Å². The van der Waals surface area contributed by atoms with Crippen LogP contribution < -0.4 is 4.90 Å². The summed E-state index contributed by atoms with van der Waals surface area (Å²) >= 11 is 1.46. The Kier molecular flexibility index (Phi) is 7.51. The predicted octanol–water partition coefficient (Wildman–Crippen LogP) is 3.71. The molecule has 28 heavy (non-hydrogen) atoms. The van der Waals surface area contributed by atoms with E-state index in [9.17, 15) is 9.59 Å². The summed E-state index contributed by atoms with van der Waals surface area (Å²) in [5.74, 6) is -0.798. The molecule has 6 nitrogen and oxygen atoms in total. The Hall–Kier alpha value is -2.48. The van der Waals surface area contributed by atoms with Gasteiger partial charge in [-0.15, -0.1) is 12.4 Å². The first kappa shape index (κ1) is 21.8. The third-order valence-corrected chi connectivity index (χ3v) is 5.15. The van der Waals surface area contributed by atoms with Crippen molar-refractivity contribution in [1.29, 1.82) is 0 Å². The minimum Gasteiger partial charge on any atom is -0.465 e. The van der Waals surface area contributed by atoms with Crippen molar-refractivity contribution in [3.05, 3.63) is 59.7 Å². The number of carbonyl (C=O) groups is 2. The monoisotopic (exact) mass is 419 g/mol. The second kappa shape index (κ2) is 9.64. The largest absolute Gasteiger partial charge is 0.465 e. The van der Waals surface area contributed by atoms with E-state index in [0.717, 1.165) is 10.2 Å². The van der Waals surface area contributed by atoms with Gasteiger partial charge in [0, 0.05) is 13.1 Å². The normalized spacial score (nSPS) is 10.6. The number of benzene rings is 2. The van der Waals surface area contributed by atoms with Gasteiger partial charge in [0.15, 0.2) is 5.13 Å². The minimum atomic E-state index is -0.532. The second-order valence-electron chi connectivity index (χ2n) is 6.26. The summed E-state index contributed by atoms with van der Waals surface area (Å²) in [7, 11) is 5.20. The lowest BCUT2D eigenvalue weighted by molar-refractivity contribution is 0.0597. The molecule has 0 unspecified atom stereocenters. The lowest BCUT2D eigenvalue weighted by Gasteiger charge is -2.22. The molecule has 1 aromatic heterocycles. The van der Waals surface area contributed by atoms with Crippen molar-refractivity contribution in [3.8, 4) is 0 Å². The highest BCUT2D eigenvalue weighted by atomic mass is 35.5. The average Bonchev–Trinajstić information content (AvgIpc) is 3.10. The minimum absolute atomic E-state index is 0. The first-order valence-electron chi connectivity index (χ1n) is 8.50. The molecule has 0 aliphatic rings. The van der Waals surface area contributed by atoms with Gasteiger partial charge in [-0.2, -0.15) is 0 Å². The molecule has 8 heteroatoms. The molecule has 0 aliphatic heterocycles. The van der Waals surface area contributed by atoms with Crippen LogP contribution in [0.1, 0.15) is 20.7 Å². The summed E-state index contributed by atoms with van der Waals surface area (Å²) in [5.41, 5.74) is 1.41. The smallest absolute Gasteiger partial charge is 0.338 e. The summed E-state index contributed by atoms with van der Waals surface area (Å²) in [6.07, 6.45) is 0. The van der Waals surface area contributed by atoms with Crippen molar-refractivity contribution in [2.45, 2.75) is 0 Å². The molecular formula is C20H22ClN3O3S. The number of aromatic nitrogens is 1. The van der Waals surface area contributed by atoms with Crippen LogP contribution in [0.4, 0.5) is 5.13 Å². The second-order valence-corrected chi connectivity index (χ2v) is 7.27. The van der Waals surface area contributed by atoms with Gasteiger partial charge >= 0.3 is 5.97 Å². The molecule has 0 atom stereocenters. The van der Waals surface area contributed by atoms with Crippen molar-refractivity contribution in [2.24, 2.45) is 0 Å². The van der Waals surface area contributed by atoms with Crippen molar-refractivity contribution >= 4 is 51.0 Å². The first-order chi connectivity index (χ1) is 13.0. The van der Waals surface area contributed by atoms with Gasteiger partial charge < -0.3 is 9.64 Å². The number of thiazole rings is 1. The predicted molar refractivity (Wildman–Crippen MR) is 115 cm³/mol. The number of amides is 1. The quantitative estimate of drug-likeness (QED) is 0.570. The maximum Gasteiger partial charge on any atom is 0.338 e. The summed E-state index contributed by atoms with van der Waals surface area (Å²) in [6, 6.07) is 14.5. The Balaban J connectivity index is 0.00000280. The number of anilines is 1. The van der Waals surface area contributed by atoms with Gasteiger partial charge in [0.25, 0.3) is 5.91 Å². The molecule has 0 saturated heterocycles. The molecule has 1 amide bonds. The third kappa shape index (κ3) is 4.67. The summed E-state index contributed by atoms with van der Waals surface area (Å²) in [6.45, 7) is 1.13. The Morgan fingerprint density at radius 3 is 2.29 bits per heavy atom. The number of methoxy groups -OCH3 is 1. The van der Waals surface area contributed by atoms with E-state index >= 15 is 0 Å². The van der Waals surface area contributed by atoms with Crippen LogP contribution in [-0.4, -0.2) is 56.1 Å². The Morgan fingerprint density at radius 2 is 1.64 bits per heavy atom. The maximum absolute atomic E-state index is 13.3. The molecule has 0 spiro atoms. The van der Waals surface area contributed by atoms with Crippen molar-refractivity contribution in [1.82, 2.24) is 9.88 Å². The highest BCUT2D eigenvalue weighted by Crippen LogP contribution is 2.30. The lowest BCUT2D eigenvalue weighted by Crippen LogP contribution is -2.37. The fraction of sp³-hybridized carbons (Fsp3) is 0.250. The lowest BCUT2D eigenvalue weighted by atomic mass is 10.1. The maximum atomic E-state index is 13.3. The van der Waals surface area contributed by atoms with Crippen LogP contribution in [-0.2, 0) is 4.74 Å². The number of halogens is 1. The van der Waals surface area contributed by atoms with E-state index in [0.29, 0.717) is 23.8 Å². The average molecular weight is 420 g/mol. The van der Waals surface area contributed by atoms with E-state index in [1.807, 2.05) is 43.3 Å². The van der Waals surface area contributed by atoms with E-state index in [-0.39, 0.29) is 23.9 Å². The molecule has 0 saturated carbocycles. The Bertz CT molecular complexity index is 941. The summed E-state index contributed by atoms with van der Waals surface area (Å²) < 4.78 is 5.84. The molecule has 3 aromatic rings. The van der Waals surface area contributed by atoms with E-state index in [4.69, 9.17) is 4.74 Å². The van der Waals surface area contributed by atoms with Crippen LogP contribution in [0.25, 0.3) is 10.2 Å². The zero-order valence-corrected chi connectivity index (χ0v) is 17.5. The standard InChI is InChI=1S/C20H21N3O3S.ClH/c1-22(2)12-13-23(20-21-16-10-6-7-11-17(16)27-20)18(24)14-8-4-5-9-15(14)19(25)26-3;/h4-11H,12-13H2,1-3H3;1H. The number of ether oxygens (including phenoxy) is 1. The van der Waals surface area contributed by atoms with E-state index in [1.165, 1.54) is 18.4 Å². The molecule has 0 N–H and O–H groups in total. The van der Waals surface area contributed by atoms with E-state index < -0.39 is 5.97 Å². The molecule has 0 aliphatic carbocycles. The zero-order chi connectivity index (χ0) is 19.4. The SMILES string of the molecule is COC(=O)c1ccccc1C(=O)N(CCN(C)C)c1nc2ccccc2s1.Cl. The molecule has 2 aromatic carbocycles. The van der Waals surface area contributed by atoms with Gasteiger partial charge in [-0.05, 0) is 38.4 Å². The number of hydrogen-bond acceptors (Lipinski definition) is 6. The highest BCUT2D eigenvalue weighted by molar-refractivity contribution is 7.22. The number of fused-ring (bicyclic) bond motifs is 1. The molecule has 3 rings (SSSR count). The number of carbonyl (C=O) groups excluding carboxylic acids is 2. The van der Waals surface area contributed by atoms with Gasteiger partial charge in [0.1, 0.15) is 0 Å². The molecule has 1 heterocycles. The van der Waals surface area contributed by atoms with Crippen LogP contribution in [0, 0.1) is 0 Å². The number of hydrogen-bond donors (Lipinski definition) is 0. The zero-order valence-electron chi connectivity index (χ0n) is 15.9. The van der Waals surface area contributed by atoms with E-state index in [1.54, 1.807) is 29.2 Å². The number of esters is 1. The number of likely N-dealkylation sites (N-methyl/N-ethyl adjacent to an activating group) is 1. The molecule has 0 fully saturated rings. The fourth-order valence-electron chi connectivity index (χ4n) is 2.66. The fourth-order valence-corrected chi connectivity index (χ4v) is 3.65. The van der Waals surface area contributed by atoms with Crippen molar-refractivity contribution < 1.29 is 14.3 Å². The van der Waals surface area contributed by atoms with Crippen molar-refractivity contribution in [2.75, 3.05) is 39.2 Å². The van der Waals surface area contributed by atoms with Gasteiger partial charge in [-0.1, -0.05) is 35.6 Å². The molecule has 0 bridgehead atoms. The number of rotatable bonds is 6. The topological polar surface area (TPSA) is 62.7 Å². The highest BCUT2D eigenvalue weighted by Gasteiger charge is 2.25. The van der Waals surface area contributed by atoms with Crippen LogP contribution in [0.15, 0.2) is 48.5 Å². The molecule has 148 valence electrons. The number of para-hydroxylation sites is 1. The first-order valence-corrected chi connectivity index (χ1v) is 9.32.